The zero-order chi connectivity index (χ0) is 11.7. The summed E-state index contributed by atoms with van der Waals surface area (Å²) in [6.07, 6.45) is 8.71. The van der Waals surface area contributed by atoms with E-state index >= 15 is 0 Å². The average Bonchev–Trinajstić information content (AvgIpc) is 2.10. The monoisotopic (exact) mass is 222 g/mol. The Labute approximate surface area is 97.2 Å². The van der Waals surface area contributed by atoms with E-state index in [0.29, 0.717) is 0 Å². The number of allylic oxidation sites excluding steroid dienone is 2. The van der Waals surface area contributed by atoms with Crippen LogP contribution in [0.15, 0.2) is 11.6 Å². The molecule has 0 saturated heterocycles. The van der Waals surface area contributed by atoms with E-state index in [1.165, 1.54) is 37.7 Å². The third-order valence-electron chi connectivity index (χ3n) is 2.19. The van der Waals surface area contributed by atoms with Gasteiger partial charge in [-0.05, 0) is 25.8 Å². The van der Waals surface area contributed by atoms with Gasteiger partial charge < -0.3 is 0 Å². The van der Waals surface area contributed by atoms with Crippen molar-refractivity contribution in [3.63, 3.8) is 0 Å². The van der Waals surface area contributed by atoms with Gasteiger partial charge in [-0.15, -0.1) is 5.54 Å². The molecule has 0 aromatic carbocycles. The van der Waals surface area contributed by atoms with Crippen LogP contribution in [0.3, 0.4) is 0 Å². The Kier molecular flexibility index (Phi) is 7.51. The molecule has 0 aliphatic heterocycles. The molecular weight excluding hydrogens is 196 g/mol. The predicted octanol–water partition coefficient (Wildman–Crippen LogP) is 4.78. The Balaban J connectivity index is 3.83. The third kappa shape index (κ3) is 11.4. The predicted molar refractivity (Wildman–Crippen MR) is 73.6 cm³/mol. The summed E-state index contributed by atoms with van der Waals surface area (Å²) in [5.41, 5.74) is 4.81. The molecule has 0 rings (SSSR count). The minimum absolute atomic E-state index is 1.17. The van der Waals surface area contributed by atoms with Gasteiger partial charge >= 0.3 is 0 Å². The first kappa shape index (κ1) is 14.5. The van der Waals surface area contributed by atoms with Crippen molar-refractivity contribution in [1.82, 2.24) is 0 Å². The van der Waals surface area contributed by atoms with Crippen LogP contribution in [0.25, 0.3) is 0 Å². The molecule has 0 fully saturated rings. The van der Waals surface area contributed by atoms with Crippen molar-refractivity contribution < 1.29 is 0 Å². The molecule has 0 N–H and O–H groups in total. The van der Waals surface area contributed by atoms with Crippen molar-refractivity contribution in [2.24, 2.45) is 0 Å². The number of hydrogen-bond acceptors (Lipinski definition) is 0. The standard InChI is InChI=1S/C14H26Si/c1-6-7-8-9-11-14(2)12-10-13-15(3,4)5/h12H,6-9,11H2,1-5H3/b14-12+. The van der Waals surface area contributed by atoms with Crippen molar-refractivity contribution in [2.45, 2.75) is 65.6 Å². The first-order valence-corrected chi connectivity index (χ1v) is 9.64. The highest BCUT2D eigenvalue weighted by molar-refractivity contribution is 6.83. The lowest BCUT2D eigenvalue weighted by atomic mass is 10.1. The van der Waals surface area contributed by atoms with Gasteiger partial charge in [0, 0.05) is 0 Å². The highest BCUT2D eigenvalue weighted by Crippen LogP contribution is 2.09. The maximum Gasteiger partial charge on any atom is 0.129 e. The molecule has 86 valence electrons. The minimum atomic E-state index is -1.17. The Morgan fingerprint density at radius 3 is 2.33 bits per heavy atom. The number of rotatable bonds is 5. The smallest absolute Gasteiger partial charge is 0.127 e. The van der Waals surface area contributed by atoms with Crippen molar-refractivity contribution in [3.8, 4) is 11.5 Å². The molecule has 15 heavy (non-hydrogen) atoms. The summed E-state index contributed by atoms with van der Waals surface area (Å²) in [5, 5.41) is 0. The molecule has 0 heterocycles. The highest BCUT2D eigenvalue weighted by atomic mass is 28.3. The lowest BCUT2D eigenvalue weighted by Crippen LogP contribution is -2.16. The van der Waals surface area contributed by atoms with Crippen LogP contribution in [0.5, 0.6) is 0 Å². The summed E-state index contributed by atoms with van der Waals surface area (Å²) in [5.74, 6) is 3.22. The zero-order valence-electron chi connectivity index (χ0n) is 11.1. The quantitative estimate of drug-likeness (QED) is 0.357. The van der Waals surface area contributed by atoms with Crippen molar-refractivity contribution >= 4 is 8.07 Å². The van der Waals surface area contributed by atoms with Crippen molar-refractivity contribution in [2.75, 3.05) is 0 Å². The molecule has 0 aromatic rings. The number of hydrogen-bond donors (Lipinski definition) is 0. The molecule has 0 radical (unpaired) electrons. The molecule has 0 bridgehead atoms. The fraction of sp³-hybridized carbons (Fsp3) is 0.714. The normalized spacial score (nSPS) is 12.2. The Morgan fingerprint density at radius 2 is 1.80 bits per heavy atom. The fourth-order valence-electron chi connectivity index (χ4n) is 1.28. The molecule has 0 unspecified atom stereocenters. The first-order valence-electron chi connectivity index (χ1n) is 6.14. The van der Waals surface area contributed by atoms with Gasteiger partial charge in [-0.3, -0.25) is 0 Å². The minimum Gasteiger partial charge on any atom is -0.127 e. The van der Waals surface area contributed by atoms with Gasteiger partial charge in [0.05, 0.1) is 0 Å². The van der Waals surface area contributed by atoms with Crippen LogP contribution in [-0.4, -0.2) is 8.07 Å². The van der Waals surface area contributed by atoms with Gasteiger partial charge in [-0.25, -0.2) is 0 Å². The fourth-order valence-corrected chi connectivity index (χ4v) is 1.78. The van der Waals surface area contributed by atoms with E-state index in [-0.39, 0.29) is 0 Å². The third-order valence-corrected chi connectivity index (χ3v) is 3.08. The van der Waals surface area contributed by atoms with E-state index in [0.717, 1.165) is 0 Å². The van der Waals surface area contributed by atoms with Crippen LogP contribution in [-0.2, 0) is 0 Å². The Bertz CT molecular complexity index is 245. The van der Waals surface area contributed by atoms with Crippen LogP contribution in [0.4, 0.5) is 0 Å². The molecule has 1 heteroatoms. The molecule has 0 aliphatic carbocycles. The van der Waals surface area contributed by atoms with E-state index in [1.54, 1.807) is 0 Å². The molecular formula is C14H26Si. The SMILES string of the molecule is CCCCCC/C(C)=C/C#C[Si](C)(C)C. The number of unbranched alkanes of at least 4 members (excludes halogenated alkanes) is 3. The van der Waals surface area contributed by atoms with E-state index in [1.807, 2.05) is 0 Å². The molecule has 0 saturated carbocycles. The summed E-state index contributed by atoms with van der Waals surface area (Å²) >= 11 is 0. The second-order valence-electron chi connectivity index (χ2n) is 5.32. The largest absolute Gasteiger partial charge is 0.129 e. The van der Waals surface area contributed by atoms with Gasteiger partial charge in [-0.1, -0.05) is 57.3 Å². The van der Waals surface area contributed by atoms with Gasteiger partial charge in [0.15, 0.2) is 0 Å². The molecule has 0 amide bonds. The van der Waals surface area contributed by atoms with Crippen LogP contribution in [0.2, 0.25) is 19.6 Å². The first-order chi connectivity index (χ1) is 6.95. The van der Waals surface area contributed by atoms with Crippen LogP contribution in [0, 0.1) is 11.5 Å². The zero-order valence-corrected chi connectivity index (χ0v) is 12.1. The lowest BCUT2D eigenvalue weighted by molar-refractivity contribution is 0.664. The van der Waals surface area contributed by atoms with E-state index in [9.17, 15) is 0 Å². The van der Waals surface area contributed by atoms with Crippen molar-refractivity contribution in [1.29, 1.82) is 0 Å². The van der Waals surface area contributed by atoms with E-state index < -0.39 is 8.07 Å². The molecule has 0 aliphatic rings. The summed E-state index contributed by atoms with van der Waals surface area (Å²) in [7, 11) is -1.17. The maximum absolute atomic E-state index is 3.37. The van der Waals surface area contributed by atoms with E-state index in [4.69, 9.17) is 0 Å². The maximum atomic E-state index is 3.37. The second-order valence-corrected chi connectivity index (χ2v) is 10.1. The lowest BCUT2D eigenvalue weighted by Gasteiger charge is -2.03. The molecule has 0 nitrogen and oxygen atoms in total. The summed E-state index contributed by atoms with van der Waals surface area (Å²) in [6, 6.07) is 0. The Morgan fingerprint density at radius 1 is 1.13 bits per heavy atom. The van der Waals surface area contributed by atoms with Gasteiger partial charge in [0.2, 0.25) is 0 Å². The van der Waals surface area contributed by atoms with E-state index in [2.05, 4.69) is 51.0 Å². The van der Waals surface area contributed by atoms with Crippen molar-refractivity contribution in [3.05, 3.63) is 11.6 Å². The molecule has 0 spiro atoms. The van der Waals surface area contributed by atoms with Crippen LogP contribution >= 0.6 is 0 Å². The summed E-state index contributed by atoms with van der Waals surface area (Å²) < 4.78 is 0. The summed E-state index contributed by atoms with van der Waals surface area (Å²) in [4.78, 5) is 0. The van der Waals surface area contributed by atoms with Gasteiger partial charge in [0.25, 0.3) is 0 Å². The average molecular weight is 222 g/mol. The Hall–Kier alpha value is -0.483. The van der Waals surface area contributed by atoms with Gasteiger partial charge in [-0.2, -0.15) is 0 Å². The molecule has 0 atom stereocenters. The van der Waals surface area contributed by atoms with Gasteiger partial charge in [0.1, 0.15) is 8.07 Å². The highest BCUT2D eigenvalue weighted by Gasteiger charge is 2.06. The van der Waals surface area contributed by atoms with Crippen LogP contribution in [0.1, 0.15) is 46.0 Å². The molecule has 0 aromatic heterocycles. The topological polar surface area (TPSA) is 0 Å². The van der Waals surface area contributed by atoms with Crippen LogP contribution < -0.4 is 0 Å². The summed E-state index contributed by atoms with van der Waals surface area (Å²) in [6.45, 7) is 11.3. The second kappa shape index (κ2) is 7.76.